The van der Waals surface area contributed by atoms with Crippen LogP contribution < -0.4 is 0 Å². The predicted molar refractivity (Wildman–Crippen MR) is 87.1 cm³/mol. The molecule has 3 aromatic carbocycles. The molecule has 0 spiro atoms. The lowest BCUT2D eigenvalue weighted by molar-refractivity contribution is 1.19. The second kappa shape index (κ2) is 8.19. The molecule has 1 heteroatoms. The molecule has 0 bridgehead atoms. The summed E-state index contributed by atoms with van der Waals surface area (Å²) in [6.45, 7) is 0. The highest BCUT2D eigenvalue weighted by molar-refractivity contribution is 6.30. The van der Waals surface area contributed by atoms with Gasteiger partial charge in [-0.2, -0.15) is 0 Å². The lowest BCUT2D eigenvalue weighted by Crippen LogP contribution is -1.85. The van der Waals surface area contributed by atoms with Gasteiger partial charge in [-0.25, -0.2) is 0 Å². The fourth-order valence-corrected chi connectivity index (χ4v) is 1.99. The number of halogens is 1. The molecule has 0 nitrogen and oxygen atoms in total. The molecule has 0 N–H and O–H groups in total. The topological polar surface area (TPSA) is 0 Å². The van der Waals surface area contributed by atoms with Gasteiger partial charge in [0.15, 0.2) is 0 Å². The molecule has 0 aromatic heterocycles. The molecule has 0 heterocycles. The van der Waals surface area contributed by atoms with Crippen molar-refractivity contribution in [3.8, 4) is 0 Å². The van der Waals surface area contributed by atoms with Crippen molar-refractivity contribution >= 4 is 11.6 Å². The Hall–Kier alpha value is -2.05. The second-order valence-corrected chi connectivity index (χ2v) is 4.88. The van der Waals surface area contributed by atoms with Crippen molar-refractivity contribution in [3.63, 3.8) is 0 Å². The van der Waals surface area contributed by atoms with Crippen LogP contribution in [0.15, 0.2) is 91.0 Å². The first kappa shape index (κ1) is 14.4. The summed E-state index contributed by atoms with van der Waals surface area (Å²) < 4.78 is 0. The highest BCUT2D eigenvalue weighted by Crippen LogP contribution is 2.07. The molecule has 0 radical (unpaired) electrons. The maximum absolute atomic E-state index is 5.54. The van der Waals surface area contributed by atoms with Crippen molar-refractivity contribution in [2.45, 2.75) is 6.42 Å². The molecular formula is C19H17Cl. The van der Waals surface area contributed by atoms with Gasteiger partial charge in [-0.3, -0.25) is 0 Å². The van der Waals surface area contributed by atoms with E-state index in [0.717, 1.165) is 11.4 Å². The predicted octanol–water partition coefficient (Wildman–Crippen LogP) is 5.62. The lowest BCUT2D eigenvalue weighted by Gasteiger charge is -2.00. The van der Waals surface area contributed by atoms with Crippen LogP contribution in [0.1, 0.15) is 11.1 Å². The maximum atomic E-state index is 5.54. The van der Waals surface area contributed by atoms with Crippen molar-refractivity contribution in [2.75, 3.05) is 0 Å². The third kappa shape index (κ3) is 5.29. The smallest absolute Gasteiger partial charge is 0.0405 e. The van der Waals surface area contributed by atoms with Crippen LogP contribution in [0.4, 0.5) is 0 Å². The molecule has 0 atom stereocenters. The Labute approximate surface area is 125 Å². The highest BCUT2D eigenvalue weighted by atomic mass is 35.5. The zero-order valence-corrected chi connectivity index (χ0v) is 12.0. The number of benzene rings is 3. The number of hydrogen-bond acceptors (Lipinski definition) is 0. The Morgan fingerprint density at radius 3 is 1.15 bits per heavy atom. The third-order valence-corrected chi connectivity index (χ3v) is 3.08. The standard InChI is InChI=1S/C13H12.C6H5Cl/c1-3-7-12(8-4-1)11-13-9-5-2-6-10-13;7-6-4-2-1-3-5-6/h1-10H,11H2;1-5H. The van der Waals surface area contributed by atoms with E-state index in [9.17, 15) is 0 Å². The molecule has 100 valence electrons. The average molecular weight is 281 g/mol. The molecule has 3 aromatic rings. The second-order valence-electron chi connectivity index (χ2n) is 4.44. The van der Waals surface area contributed by atoms with E-state index in [1.54, 1.807) is 0 Å². The van der Waals surface area contributed by atoms with E-state index < -0.39 is 0 Å². The molecule has 20 heavy (non-hydrogen) atoms. The molecule has 0 amide bonds. The molecule has 0 aliphatic heterocycles. The van der Waals surface area contributed by atoms with Gasteiger partial charge in [-0.15, -0.1) is 0 Å². The Morgan fingerprint density at radius 2 is 0.850 bits per heavy atom. The summed E-state index contributed by atoms with van der Waals surface area (Å²) in [6, 6.07) is 30.5. The van der Waals surface area contributed by atoms with Crippen LogP contribution in [0.2, 0.25) is 5.02 Å². The molecule has 0 aliphatic carbocycles. The summed E-state index contributed by atoms with van der Waals surface area (Å²) in [5.74, 6) is 0. The Kier molecular flexibility index (Phi) is 5.88. The minimum Gasteiger partial charge on any atom is -0.0843 e. The number of rotatable bonds is 2. The van der Waals surface area contributed by atoms with E-state index in [2.05, 4.69) is 60.7 Å². The molecule has 0 unspecified atom stereocenters. The van der Waals surface area contributed by atoms with Gasteiger partial charge in [0.1, 0.15) is 0 Å². The molecule has 0 saturated carbocycles. The molecular weight excluding hydrogens is 264 g/mol. The van der Waals surface area contributed by atoms with Crippen molar-refractivity contribution in [2.24, 2.45) is 0 Å². The summed E-state index contributed by atoms with van der Waals surface area (Å²) in [7, 11) is 0. The summed E-state index contributed by atoms with van der Waals surface area (Å²) >= 11 is 5.54. The normalized spacial score (nSPS) is 9.45. The van der Waals surface area contributed by atoms with Crippen molar-refractivity contribution < 1.29 is 0 Å². The lowest BCUT2D eigenvalue weighted by atomic mass is 10.1. The Balaban J connectivity index is 0.000000178. The first-order chi connectivity index (χ1) is 9.84. The minimum atomic E-state index is 0.794. The van der Waals surface area contributed by atoms with Crippen LogP contribution >= 0.6 is 11.6 Å². The quantitative estimate of drug-likeness (QED) is 0.572. The van der Waals surface area contributed by atoms with Gasteiger partial charge in [0.05, 0.1) is 0 Å². The Morgan fingerprint density at radius 1 is 0.500 bits per heavy atom. The van der Waals surface area contributed by atoms with E-state index in [1.807, 2.05) is 30.3 Å². The van der Waals surface area contributed by atoms with E-state index in [4.69, 9.17) is 11.6 Å². The van der Waals surface area contributed by atoms with Crippen LogP contribution in [0.5, 0.6) is 0 Å². The first-order valence-corrected chi connectivity index (χ1v) is 7.01. The van der Waals surface area contributed by atoms with Gasteiger partial charge in [-0.05, 0) is 29.7 Å². The van der Waals surface area contributed by atoms with Crippen LogP contribution in [-0.4, -0.2) is 0 Å². The van der Waals surface area contributed by atoms with Crippen molar-refractivity contribution in [1.29, 1.82) is 0 Å². The maximum Gasteiger partial charge on any atom is 0.0405 e. The largest absolute Gasteiger partial charge is 0.0843 e. The summed E-state index contributed by atoms with van der Waals surface area (Å²) in [6.07, 6.45) is 1.03. The van der Waals surface area contributed by atoms with Gasteiger partial charge in [0.2, 0.25) is 0 Å². The van der Waals surface area contributed by atoms with Gasteiger partial charge in [0, 0.05) is 5.02 Å². The number of hydrogen-bond donors (Lipinski definition) is 0. The van der Waals surface area contributed by atoms with Gasteiger partial charge in [-0.1, -0.05) is 90.5 Å². The van der Waals surface area contributed by atoms with E-state index in [0.29, 0.717) is 0 Å². The van der Waals surface area contributed by atoms with E-state index in [1.165, 1.54) is 11.1 Å². The molecule has 0 fully saturated rings. The minimum absolute atomic E-state index is 0.794. The van der Waals surface area contributed by atoms with Crippen LogP contribution in [0.25, 0.3) is 0 Å². The van der Waals surface area contributed by atoms with Crippen LogP contribution in [0, 0.1) is 0 Å². The van der Waals surface area contributed by atoms with Crippen molar-refractivity contribution in [3.05, 3.63) is 107 Å². The molecule has 0 aliphatic rings. The SMILES string of the molecule is Clc1ccccc1.c1ccc(Cc2ccccc2)cc1. The van der Waals surface area contributed by atoms with Gasteiger partial charge in [0.25, 0.3) is 0 Å². The van der Waals surface area contributed by atoms with Crippen LogP contribution in [0.3, 0.4) is 0 Å². The van der Waals surface area contributed by atoms with Gasteiger partial charge < -0.3 is 0 Å². The Bertz CT molecular complexity index is 551. The highest BCUT2D eigenvalue weighted by Gasteiger charge is 1.92. The monoisotopic (exact) mass is 280 g/mol. The third-order valence-electron chi connectivity index (χ3n) is 2.83. The summed E-state index contributed by atoms with van der Waals surface area (Å²) in [5.41, 5.74) is 2.74. The first-order valence-electron chi connectivity index (χ1n) is 6.63. The average Bonchev–Trinajstić information content (AvgIpc) is 2.51. The molecule has 3 rings (SSSR count). The zero-order chi connectivity index (χ0) is 14.0. The van der Waals surface area contributed by atoms with Crippen molar-refractivity contribution in [1.82, 2.24) is 0 Å². The van der Waals surface area contributed by atoms with Crippen LogP contribution in [-0.2, 0) is 6.42 Å². The van der Waals surface area contributed by atoms with E-state index in [-0.39, 0.29) is 0 Å². The zero-order valence-electron chi connectivity index (χ0n) is 11.2. The summed E-state index contributed by atoms with van der Waals surface area (Å²) in [4.78, 5) is 0. The fraction of sp³-hybridized carbons (Fsp3) is 0.0526. The fourth-order valence-electron chi connectivity index (χ4n) is 1.84. The summed E-state index contributed by atoms with van der Waals surface area (Å²) in [5, 5.41) is 0.794. The van der Waals surface area contributed by atoms with E-state index >= 15 is 0 Å². The van der Waals surface area contributed by atoms with Gasteiger partial charge >= 0.3 is 0 Å². The molecule has 0 saturated heterocycles.